The van der Waals surface area contributed by atoms with E-state index in [0.29, 0.717) is 6.42 Å². The summed E-state index contributed by atoms with van der Waals surface area (Å²) in [5.74, 6) is -0.439. The average Bonchev–Trinajstić information content (AvgIpc) is 2.62. The highest BCUT2D eigenvalue weighted by molar-refractivity contribution is 5.67. The Morgan fingerprint density at radius 1 is 1.77 bits per heavy atom. The van der Waals surface area contributed by atoms with E-state index in [1.54, 1.807) is 6.08 Å². The Hall–Kier alpha value is -1.34. The molecular weight excluding hydrogens is 170 g/mol. The Morgan fingerprint density at radius 2 is 2.54 bits per heavy atom. The molecule has 0 spiro atoms. The first-order valence-electron chi connectivity index (χ1n) is 4.11. The molecule has 1 fully saturated rings. The molecule has 2 heterocycles. The van der Waals surface area contributed by atoms with Crippen molar-refractivity contribution >= 4 is 5.97 Å². The number of hydrogen-bond acceptors (Lipinski definition) is 4. The van der Waals surface area contributed by atoms with E-state index in [0.717, 1.165) is 0 Å². The Labute approximate surface area is 75.7 Å². The number of carbonyl (C=O) groups is 1. The summed E-state index contributed by atoms with van der Waals surface area (Å²) in [6, 6.07) is 2.02. The van der Waals surface area contributed by atoms with Gasteiger partial charge in [-0.05, 0) is 0 Å². The molecule has 4 heteroatoms. The van der Waals surface area contributed by atoms with Crippen molar-refractivity contribution in [1.29, 1.82) is 5.26 Å². The van der Waals surface area contributed by atoms with Crippen LogP contribution in [0, 0.1) is 11.3 Å². The van der Waals surface area contributed by atoms with Crippen molar-refractivity contribution < 1.29 is 14.3 Å². The molecule has 0 unspecified atom stereocenters. The van der Waals surface area contributed by atoms with Crippen LogP contribution in [0.2, 0.25) is 0 Å². The van der Waals surface area contributed by atoms with Crippen molar-refractivity contribution in [2.45, 2.75) is 31.2 Å². The molecule has 4 nitrogen and oxygen atoms in total. The molecule has 2 bridgehead atoms. The fourth-order valence-electron chi connectivity index (χ4n) is 1.79. The zero-order valence-electron chi connectivity index (χ0n) is 7.19. The van der Waals surface area contributed by atoms with Crippen molar-refractivity contribution in [3.05, 3.63) is 12.2 Å². The molecule has 0 aliphatic carbocycles. The summed E-state index contributed by atoms with van der Waals surface area (Å²) >= 11 is 0. The summed E-state index contributed by atoms with van der Waals surface area (Å²) < 4.78 is 10.4. The van der Waals surface area contributed by atoms with Gasteiger partial charge < -0.3 is 9.47 Å². The molecule has 0 aromatic heterocycles. The van der Waals surface area contributed by atoms with Gasteiger partial charge in [-0.2, -0.15) is 5.26 Å². The monoisotopic (exact) mass is 179 g/mol. The van der Waals surface area contributed by atoms with Crippen molar-refractivity contribution in [3.63, 3.8) is 0 Å². The molecule has 0 amide bonds. The maximum absolute atomic E-state index is 10.8. The zero-order chi connectivity index (χ0) is 9.47. The predicted molar refractivity (Wildman–Crippen MR) is 42.5 cm³/mol. The van der Waals surface area contributed by atoms with E-state index in [-0.39, 0.29) is 12.2 Å². The number of esters is 1. The van der Waals surface area contributed by atoms with Gasteiger partial charge in [0.15, 0.2) is 0 Å². The average molecular weight is 179 g/mol. The lowest BCUT2D eigenvalue weighted by molar-refractivity contribution is -0.154. The maximum Gasteiger partial charge on any atom is 0.304 e. The number of nitriles is 1. The van der Waals surface area contributed by atoms with Gasteiger partial charge in [0.1, 0.15) is 12.2 Å². The van der Waals surface area contributed by atoms with Gasteiger partial charge in [-0.15, -0.1) is 0 Å². The lowest BCUT2D eigenvalue weighted by Gasteiger charge is -2.24. The summed E-state index contributed by atoms with van der Waals surface area (Å²) in [6.07, 6.45) is 3.67. The number of nitrogens with zero attached hydrogens (tertiary/aromatic N) is 1. The van der Waals surface area contributed by atoms with Crippen LogP contribution in [0.15, 0.2) is 12.2 Å². The van der Waals surface area contributed by atoms with Crippen LogP contribution < -0.4 is 0 Å². The van der Waals surface area contributed by atoms with E-state index >= 15 is 0 Å². The first-order valence-corrected chi connectivity index (χ1v) is 4.11. The number of ether oxygens (including phenoxy) is 2. The summed E-state index contributed by atoms with van der Waals surface area (Å²) in [5, 5.41) is 8.95. The van der Waals surface area contributed by atoms with Crippen molar-refractivity contribution in [3.8, 4) is 6.07 Å². The third kappa shape index (κ3) is 1.12. The van der Waals surface area contributed by atoms with Crippen LogP contribution in [0.3, 0.4) is 0 Å². The molecule has 13 heavy (non-hydrogen) atoms. The van der Waals surface area contributed by atoms with Gasteiger partial charge in [-0.1, -0.05) is 12.2 Å². The highest BCUT2D eigenvalue weighted by Crippen LogP contribution is 2.39. The molecule has 3 atom stereocenters. The minimum atomic E-state index is -1.08. The first-order chi connectivity index (χ1) is 6.16. The van der Waals surface area contributed by atoms with Crippen LogP contribution in [0.4, 0.5) is 0 Å². The molecular formula is C9H9NO3. The Morgan fingerprint density at radius 3 is 2.92 bits per heavy atom. The molecule has 2 aliphatic heterocycles. The normalized spacial score (nSPS) is 40.3. The Balaban J connectivity index is 2.24. The van der Waals surface area contributed by atoms with Gasteiger partial charge in [0.2, 0.25) is 5.60 Å². The molecule has 68 valence electrons. The second-order valence-electron chi connectivity index (χ2n) is 3.28. The van der Waals surface area contributed by atoms with Crippen LogP contribution in [0.5, 0.6) is 0 Å². The SMILES string of the molecule is CC(=O)O[C@]1(C#N)C[C@H]2C=C[C@@H]1O2. The van der Waals surface area contributed by atoms with Crippen molar-refractivity contribution in [1.82, 2.24) is 0 Å². The largest absolute Gasteiger partial charge is 0.440 e. The molecule has 1 saturated heterocycles. The molecule has 2 rings (SSSR count). The molecule has 0 radical (unpaired) electrons. The van der Waals surface area contributed by atoms with E-state index in [2.05, 4.69) is 0 Å². The maximum atomic E-state index is 10.8. The summed E-state index contributed by atoms with van der Waals surface area (Å²) in [5.41, 5.74) is -1.08. The van der Waals surface area contributed by atoms with Gasteiger partial charge in [0.05, 0.1) is 6.10 Å². The van der Waals surface area contributed by atoms with Crippen LogP contribution in [0.1, 0.15) is 13.3 Å². The lowest BCUT2D eigenvalue weighted by Crippen LogP contribution is -2.40. The first kappa shape index (κ1) is 8.27. The fourth-order valence-corrected chi connectivity index (χ4v) is 1.79. The van der Waals surface area contributed by atoms with E-state index in [9.17, 15) is 4.79 Å². The van der Waals surface area contributed by atoms with Gasteiger partial charge >= 0.3 is 5.97 Å². The van der Waals surface area contributed by atoms with E-state index in [4.69, 9.17) is 14.7 Å². The molecule has 0 saturated carbocycles. The van der Waals surface area contributed by atoms with E-state index in [1.165, 1.54) is 6.92 Å². The van der Waals surface area contributed by atoms with Crippen LogP contribution in [-0.2, 0) is 14.3 Å². The lowest BCUT2D eigenvalue weighted by atomic mass is 9.90. The number of rotatable bonds is 1. The minimum absolute atomic E-state index is 0.0657. The summed E-state index contributed by atoms with van der Waals surface area (Å²) in [4.78, 5) is 10.8. The number of hydrogen-bond donors (Lipinski definition) is 0. The van der Waals surface area contributed by atoms with Crippen LogP contribution in [0.25, 0.3) is 0 Å². The summed E-state index contributed by atoms with van der Waals surface area (Å²) in [6.45, 7) is 1.30. The van der Waals surface area contributed by atoms with E-state index in [1.807, 2.05) is 12.1 Å². The third-order valence-corrected chi connectivity index (χ3v) is 2.30. The Bertz CT molecular complexity index is 317. The zero-order valence-corrected chi connectivity index (χ0v) is 7.19. The molecule has 0 aromatic rings. The molecule has 2 aliphatic rings. The van der Waals surface area contributed by atoms with Gasteiger partial charge in [-0.25, -0.2) is 0 Å². The number of fused-ring (bicyclic) bond motifs is 2. The highest BCUT2D eigenvalue weighted by atomic mass is 16.6. The van der Waals surface area contributed by atoms with Crippen LogP contribution >= 0.6 is 0 Å². The predicted octanol–water partition coefficient (Wildman–Crippen LogP) is 0.539. The van der Waals surface area contributed by atoms with Gasteiger partial charge in [0.25, 0.3) is 0 Å². The van der Waals surface area contributed by atoms with Crippen molar-refractivity contribution in [2.75, 3.05) is 0 Å². The smallest absolute Gasteiger partial charge is 0.304 e. The fraction of sp³-hybridized carbons (Fsp3) is 0.556. The quantitative estimate of drug-likeness (QED) is 0.435. The molecule has 0 aromatic carbocycles. The highest BCUT2D eigenvalue weighted by Gasteiger charge is 2.53. The Kier molecular flexibility index (Phi) is 1.64. The topological polar surface area (TPSA) is 59.3 Å². The van der Waals surface area contributed by atoms with Gasteiger partial charge in [-0.3, -0.25) is 4.79 Å². The second kappa shape index (κ2) is 2.57. The summed E-state index contributed by atoms with van der Waals surface area (Å²) in [7, 11) is 0. The minimum Gasteiger partial charge on any atom is -0.440 e. The van der Waals surface area contributed by atoms with Gasteiger partial charge in [0, 0.05) is 13.3 Å². The number of carbonyl (C=O) groups excluding carboxylic acids is 1. The molecule has 0 N–H and O–H groups in total. The third-order valence-electron chi connectivity index (χ3n) is 2.30. The van der Waals surface area contributed by atoms with E-state index < -0.39 is 11.6 Å². The second-order valence-corrected chi connectivity index (χ2v) is 3.28. The van der Waals surface area contributed by atoms with Crippen molar-refractivity contribution in [2.24, 2.45) is 0 Å². The standard InChI is InChI=1S/C9H9NO3/c1-6(11)13-9(5-10)4-7-2-3-8(9)12-7/h2-3,7-8H,4H2,1H3/t7-,8+,9+/m1/s1. The van der Waals surface area contributed by atoms with Crippen LogP contribution in [-0.4, -0.2) is 23.8 Å².